The number of nitrogens with zero attached hydrogens (tertiary/aromatic N) is 1. The van der Waals surface area contributed by atoms with E-state index in [9.17, 15) is 0 Å². The molecule has 1 rings (SSSR count). The van der Waals surface area contributed by atoms with Gasteiger partial charge in [-0.05, 0) is 33.1 Å². The van der Waals surface area contributed by atoms with Crippen LogP contribution in [0.1, 0.15) is 46.5 Å². The molecule has 0 aliphatic heterocycles. The highest BCUT2D eigenvalue weighted by molar-refractivity contribution is 4.83. The Morgan fingerprint density at radius 2 is 2.08 bits per heavy atom. The Morgan fingerprint density at radius 3 is 2.50 bits per heavy atom. The van der Waals surface area contributed by atoms with Crippen LogP contribution in [0.4, 0.5) is 0 Å². The lowest BCUT2D eigenvalue weighted by molar-refractivity contribution is 0.360. The van der Waals surface area contributed by atoms with E-state index in [0.29, 0.717) is 18.2 Å². The summed E-state index contributed by atoms with van der Waals surface area (Å²) in [5, 5.41) is 8.19. The van der Waals surface area contributed by atoms with E-state index in [0.717, 1.165) is 0 Å². The zero-order valence-corrected chi connectivity index (χ0v) is 8.51. The number of hydrogen-bond donors (Lipinski definition) is 1. The average Bonchev–Trinajstić information content (AvgIpc) is 2.70. The minimum Gasteiger partial charge on any atom is -0.298 e. The van der Waals surface area contributed by atoms with Gasteiger partial charge < -0.3 is 0 Å². The molecule has 12 heavy (non-hydrogen) atoms. The Bertz CT molecular complexity index is 115. The minimum atomic E-state index is 0.419. The molecule has 2 nitrogen and oxygen atoms in total. The molecule has 71 valence electrons. The predicted octanol–water partition coefficient (Wildman–Crippen LogP) is 1.88. The molecule has 1 aliphatic carbocycles. The summed E-state index contributed by atoms with van der Waals surface area (Å²) in [7, 11) is 0. The Morgan fingerprint density at radius 1 is 1.42 bits per heavy atom. The molecule has 2 heteroatoms. The topological polar surface area (TPSA) is 26.1 Å². The normalized spacial score (nSPS) is 20.0. The van der Waals surface area contributed by atoms with Crippen molar-refractivity contribution in [2.24, 2.45) is 0 Å². The van der Waals surface area contributed by atoms with Crippen LogP contribution >= 0.6 is 0 Å². The van der Waals surface area contributed by atoms with E-state index in [2.05, 4.69) is 26.1 Å². The summed E-state index contributed by atoms with van der Waals surface area (Å²) in [6.45, 7) is 6.59. The molecule has 0 aromatic carbocycles. The van der Waals surface area contributed by atoms with Crippen LogP contribution in [0.25, 0.3) is 0 Å². The van der Waals surface area contributed by atoms with Crippen molar-refractivity contribution in [3.8, 4) is 0 Å². The van der Waals surface area contributed by atoms with Gasteiger partial charge in [-0.2, -0.15) is 0 Å². The third-order valence-electron chi connectivity index (χ3n) is 2.03. The van der Waals surface area contributed by atoms with E-state index < -0.39 is 0 Å². The summed E-state index contributed by atoms with van der Waals surface area (Å²) < 4.78 is 0. The van der Waals surface area contributed by atoms with Crippen molar-refractivity contribution in [2.75, 3.05) is 0 Å². The highest BCUT2D eigenvalue weighted by atomic mass is 15.2. The second kappa shape index (κ2) is 4.83. The second-order valence-electron chi connectivity index (χ2n) is 4.01. The van der Waals surface area contributed by atoms with Crippen molar-refractivity contribution in [1.29, 1.82) is 0 Å². The van der Waals surface area contributed by atoms with Gasteiger partial charge in [0.1, 0.15) is 0 Å². The van der Waals surface area contributed by atoms with Crippen LogP contribution in [0.3, 0.4) is 0 Å². The third kappa shape index (κ3) is 4.07. The van der Waals surface area contributed by atoms with E-state index in [-0.39, 0.29) is 0 Å². The largest absolute Gasteiger partial charge is 0.298 e. The molecule has 1 aliphatic rings. The van der Waals surface area contributed by atoms with Gasteiger partial charge in [0.15, 0.2) is 0 Å². The Balaban J connectivity index is 2.16. The molecule has 1 N–H and O–H groups in total. The quantitative estimate of drug-likeness (QED) is 0.645. The first-order valence-corrected chi connectivity index (χ1v) is 5.18. The fourth-order valence-electron chi connectivity index (χ4n) is 1.34. The summed E-state index contributed by atoms with van der Waals surface area (Å²) >= 11 is 0. The van der Waals surface area contributed by atoms with Crippen molar-refractivity contribution in [3.63, 3.8) is 0 Å². The first kappa shape index (κ1) is 10.0. The molecule has 0 saturated heterocycles. The molecule has 1 atom stereocenters. The molecule has 0 spiro atoms. The van der Waals surface area contributed by atoms with Gasteiger partial charge in [0, 0.05) is 12.1 Å². The van der Waals surface area contributed by atoms with Crippen molar-refractivity contribution >= 4 is 0 Å². The molecule has 1 unspecified atom stereocenters. The van der Waals surface area contributed by atoms with Crippen LogP contribution in [0.2, 0.25) is 0 Å². The maximum atomic E-state index is 4.71. The van der Waals surface area contributed by atoms with Gasteiger partial charge in [-0.25, -0.2) is 5.32 Å². The number of nitrogens with one attached hydrogen (secondary N) is 1. The zero-order valence-electron chi connectivity index (χ0n) is 8.51. The van der Waals surface area contributed by atoms with E-state index in [1.807, 2.05) is 0 Å². The van der Waals surface area contributed by atoms with Crippen LogP contribution < -0.4 is 10.6 Å². The van der Waals surface area contributed by atoms with E-state index in [4.69, 9.17) is 5.32 Å². The summed E-state index contributed by atoms with van der Waals surface area (Å²) in [4.78, 5) is 0. The standard InChI is InChI=1S/C10H21N2/c1-4-5-10(11-8(2)3)12-9-6-7-9/h8-11H,4-7H2,1-3H3. The van der Waals surface area contributed by atoms with Crippen LogP contribution in [-0.4, -0.2) is 18.2 Å². The summed E-state index contributed by atoms with van der Waals surface area (Å²) in [5.74, 6) is 0. The maximum Gasteiger partial charge on any atom is 0.0740 e. The summed E-state index contributed by atoms with van der Waals surface area (Å²) in [6, 6.07) is 1.25. The molecule has 0 aromatic heterocycles. The Hall–Kier alpha value is -0.0800. The van der Waals surface area contributed by atoms with E-state index in [1.165, 1.54) is 25.7 Å². The van der Waals surface area contributed by atoms with Gasteiger partial charge in [0.25, 0.3) is 0 Å². The lowest BCUT2D eigenvalue weighted by Crippen LogP contribution is -2.42. The van der Waals surface area contributed by atoms with Gasteiger partial charge >= 0.3 is 0 Å². The lowest BCUT2D eigenvalue weighted by Gasteiger charge is -2.20. The monoisotopic (exact) mass is 169 g/mol. The SMILES string of the molecule is CCCC([N]C1CC1)NC(C)C. The first-order valence-electron chi connectivity index (χ1n) is 5.18. The predicted molar refractivity (Wildman–Crippen MR) is 52.1 cm³/mol. The highest BCUT2D eigenvalue weighted by Gasteiger charge is 2.25. The molecule has 1 radical (unpaired) electrons. The lowest BCUT2D eigenvalue weighted by atomic mass is 10.2. The fraction of sp³-hybridized carbons (Fsp3) is 1.00. The second-order valence-corrected chi connectivity index (χ2v) is 4.01. The van der Waals surface area contributed by atoms with Crippen LogP contribution in [0.15, 0.2) is 0 Å². The average molecular weight is 169 g/mol. The molecule has 0 aromatic rings. The van der Waals surface area contributed by atoms with E-state index in [1.54, 1.807) is 0 Å². The minimum absolute atomic E-state index is 0.419. The maximum absolute atomic E-state index is 4.71. The number of rotatable bonds is 6. The summed E-state index contributed by atoms with van der Waals surface area (Å²) in [5.41, 5.74) is 0. The van der Waals surface area contributed by atoms with Crippen molar-refractivity contribution in [1.82, 2.24) is 10.6 Å². The van der Waals surface area contributed by atoms with Crippen molar-refractivity contribution < 1.29 is 0 Å². The molecule has 1 fully saturated rings. The molecule has 0 bridgehead atoms. The van der Waals surface area contributed by atoms with Gasteiger partial charge in [0.05, 0.1) is 6.17 Å². The zero-order chi connectivity index (χ0) is 8.97. The first-order chi connectivity index (χ1) is 5.72. The molecule has 0 amide bonds. The fourth-order valence-corrected chi connectivity index (χ4v) is 1.34. The van der Waals surface area contributed by atoms with Crippen LogP contribution in [-0.2, 0) is 0 Å². The number of hydrogen-bond acceptors (Lipinski definition) is 1. The van der Waals surface area contributed by atoms with Crippen molar-refractivity contribution in [2.45, 2.75) is 64.7 Å². The molecular weight excluding hydrogens is 148 g/mol. The third-order valence-corrected chi connectivity index (χ3v) is 2.03. The van der Waals surface area contributed by atoms with E-state index >= 15 is 0 Å². The molecule has 0 heterocycles. The van der Waals surface area contributed by atoms with Crippen molar-refractivity contribution in [3.05, 3.63) is 0 Å². The van der Waals surface area contributed by atoms with Gasteiger partial charge in [-0.1, -0.05) is 13.3 Å². The Labute approximate surface area is 76.1 Å². The van der Waals surface area contributed by atoms with Crippen LogP contribution in [0.5, 0.6) is 0 Å². The van der Waals surface area contributed by atoms with Gasteiger partial charge in [-0.15, -0.1) is 0 Å². The van der Waals surface area contributed by atoms with Crippen LogP contribution in [0, 0.1) is 0 Å². The molecule has 1 saturated carbocycles. The molecular formula is C10H21N2. The summed E-state index contributed by atoms with van der Waals surface area (Å²) in [6.07, 6.45) is 5.47. The van der Waals surface area contributed by atoms with Gasteiger partial charge in [0.2, 0.25) is 0 Å². The van der Waals surface area contributed by atoms with Gasteiger partial charge in [-0.3, -0.25) is 5.32 Å². The smallest absolute Gasteiger partial charge is 0.0740 e. The highest BCUT2D eigenvalue weighted by Crippen LogP contribution is 2.21. The Kier molecular flexibility index (Phi) is 4.02.